The van der Waals surface area contributed by atoms with Crippen molar-refractivity contribution in [3.8, 4) is 28.7 Å². The molecule has 2 heterocycles. The van der Waals surface area contributed by atoms with Crippen molar-refractivity contribution in [3.05, 3.63) is 41.0 Å². The highest BCUT2D eigenvalue weighted by Crippen LogP contribution is 2.43. The number of rotatable bonds is 7. The molecule has 9 nitrogen and oxygen atoms in total. The van der Waals surface area contributed by atoms with Gasteiger partial charge in [0.1, 0.15) is 5.56 Å². The van der Waals surface area contributed by atoms with E-state index in [9.17, 15) is 9.59 Å². The van der Waals surface area contributed by atoms with E-state index in [2.05, 4.69) is 5.32 Å². The highest BCUT2D eigenvalue weighted by Gasteiger charge is 2.39. The number of cyclic esters (lactones) is 1. The molecule has 2 aromatic carbocycles. The summed E-state index contributed by atoms with van der Waals surface area (Å²) in [7, 11) is 4.45. The smallest absolute Gasteiger partial charge is 0.343 e. The number of ether oxygens (including phenoxy) is 6. The Balaban J connectivity index is 0.00000141. The number of carbonyl (C=O) groups is 2. The summed E-state index contributed by atoms with van der Waals surface area (Å²) in [5, 5.41) is 2.80. The Morgan fingerprint density at radius 2 is 1.81 bits per heavy atom. The highest BCUT2D eigenvalue weighted by atomic mass is 16.7. The number of benzene rings is 2. The third kappa shape index (κ3) is 4.23. The number of esters is 1. The number of carbonyl (C=O) groups excluding carboxylic acids is 2. The van der Waals surface area contributed by atoms with Crippen LogP contribution >= 0.6 is 0 Å². The molecule has 2 aliphatic heterocycles. The molecule has 172 valence electrons. The fourth-order valence-electron chi connectivity index (χ4n) is 3.55. The van der Waals surface area contributed by atoms with Crippen molar-refractivity contribution in [1.29, 1.82) is 0 Å². The molecule has 0 fully saturated rings. The molecule has 2 aromatic rings. The zero-order valence-corrected chi connectivity index (χ0v) is 18.8. The van der Waals surface area contributed by atoms with Gasteiger partial charge in [0, 0.05) is 12.1 Å². The van der Waals surface area contributed by atoms with Gasteiger partial charge in [-0.3, -0.25) is 4.79 Å². The quantitative estimate of drug-likeness (QED) is 0.649. The molecule has 0 saturated carbocycles. The molecule has 1 N–H and O–H groups in total. The minimum atomic E-state index is -1.04. The predicted molar refractivity (Wildman–Crippen MR) is 115 cm³/mol. The van der Waals surface area contributed by atoms with Gasteiger partial charge in [0.15, 0.2) is 23.0 Å². The summed E-state index contributed by atoms with van der Waals surface area (Å²) in [5.74, 6) is 1.36. The summed E-state index contributed by atoms with van der Waals surface area (Å²) in [5.41, 5.74) is 1.56. The second-order valence-electron chi connectivity index (χ2n) is 6.62. The van der Waals surface area contributed by atoms with Gasteiger partial charge in [-0.15, -0.1) is 0 Å². The zero-order chi connectivity index (χ0) is 23.3. The number of methoxy groups -OCH3 is 3. The molecule has 0 aliphatic carbocycles. The van der Waals surface area contributed by atoms with E-state index in [-0.39, 0.29) is 18.1 Å². The molecule has 0 bridgehead atoms. The summed E-state index contributed by atoms with van der Waals surface area (Å²) in [6.07, 6.45) is -0.517. The maximum Gasteiger partial charge on any atom is 0.343 e. The Bertz CT molecular complexity index is 1000. The van der Waals surface area contributed by atoms with Crippen molar-refractivity contribution in [2.24, 2.45) is 0 Å². The third-order valence-electron chi connectivity index (χ3n) is 4.96. The van der Waals surface area contributed by atoms with E-state index >= 15 is 0 Å². The van der Waals surface area contributed by atoms with E-state index < -0.39 is 18.0 Å². The van der Waals surface area contributed by atoms with Gasteiger partial charge >= 0.3 is 5.97 Å². The largest absolute Gasteiger partial charge is 0.493 e. The molecule has 2 aliphatic rings. The van der Waals surface area contributed by atoms with Gasteiger partial charge in [-0.2, -0.15) is 0 Å². The molecule has 0 radical (unpaired) electrons. The molecule has 0 spiro atoms. The number of hydrogen-bond donors (Lipinski definition) is 1. The normalized spacial score (nSPS) is 15.2. The minimum absolute atomic E-state index is 0.145. The fraction of sp³-hybridized carbons (Fsp3) is 0.391. The van der Waals surface area contributed by atoms with E-state index in [4.69, 9.17) is 28.4 Å². The molecule has 4 rings (SSSR count). The van der Waals surface area contributed by atoms with Crippen molar-refractivity contribution in [2.45, 2.75) is 26.4 Å². The van der Waals surface area contributed by atoms with Gasteiger partial charge in [0.25, 0.3) is 5.91 Å². The predicted octanol–water partition coefficient (Wildman–Crippen LogP) is 3.04. The fourth-order valence-corrected chi connectivity index (χ4v) is 3.55. The van der Waals surface area contributed by atoms with Crippen LogP contribution in [0.15, 0.2) is 24.3 Å². The molecule has 1 atom stereocenters. The van der Waals surface area contributed by atoms with Crippen LogP contribution in [0.5, 0.6) is 28.7 Å². The number of amides is 1. The van der Waals surface area contributed by atoms with Crippen LogP contribution in [-0.4, -0.2) is 46.5 Å². The summed E-state index contributed by atoms with van der Waals surface area (Å²) >= 11 is 0. The number of nitrogens with one attached hydrogen (secondary N) is 1. The SMILES string of the molecule is CC.COc1cc(CCNC(=O)C2OC(=O)c3c2ccc(OC)c3OC)cc2c1OCO2. The number of hydrogen-bond acceptors (Lipinski definition) is 8. The van der Waals surface area contributed by atoms with Crippen molar-refractivity contribution in [1.82, 2.24) is 5.32 Å². The Labute approximate surface area is 186 Å². The van der Waals surface area contributed by atoms with Crippen LogP contribution in [-0.2, 0) is 16.0 Å². The van der Waals surface area contributed by atoms with Crippen LogP contribution < -0.4 is 29.0 Å². The van der Waals surface area contributed by atoms with E-state index in [1.807, 2.05) is 26.0 Å². The molecule has 0 saturated heterocycles. The third-order valence-corrected chi connectivity index (χ3v) is 4.96. The van der Waals surface area contributed by atoms with Gasteiger partial charge in [0.05, 0.1) is 21.3 Å². The monoisotopic (exact) mass is 445 g/mol. The molecular weight excluding hydrogens is 418 g/mol. The maximum absolute atomic E-state index is 12.7. The summed E-state index contributed by atoms with van der Waals surface area (Å²) in [6.45, 7) is 4.48. The molecule has 0 aromatic heterocycles. The van der Waals surface area contributed by atoms with Crippen molar-refractivity contribution in [2.75, 3.05) is 34.7 Å². The Kier molecular flexibility index (Phi) is 7.29. The summed E-state index contributed by atoms with van der Waals surface area (Å²) in [6, 6.07) is 6.95. The Morgan fingerprint density at radius 3 is 2.50 bits per heavy atom. The average molecular weight is 445 g/mol. The van der Waals surface area contributed by atoms with Crippen molar-refractivity contribution < 1.29 is 38.0 Å². The van der Waals surface area contributed by atoms with Crippen molar-refractivity contribution in [3.63, 3.8) is 0 Å². The first-order chi connectivity index (χ1) is 15.6. The lowest BCUT2D eigenvalue weighted by Gasteiger charge is -2.13. The second-order valence-corrected chi connectivity index (χ2v) is 6.62. The van der Waals surface area contributed by atoms with E-state index in [1.54, 1.807) is 19.2 Å². The first-order valence-corrected chi connectivity index (χ1v) is 10.3. The van der Waals surface area contributed by atoms with E-state index in [0.717, 1.165) is 5.56 Å². The van der Waals surface area contributed by atoms with Crippen LogP contribution in [0.2, 0.25) is 0 Å². The Morgan fingerprint density at radius 1 is 1.06 bits per heavy atom. The Hall–Kier alpha value is -3.62. The average Bonchev–Trinajstić information content (AvgIpc) is 3.43. The lowest BCUT2D eigenvalue weighted by atomic mass is 10.0. The minimum Gasteiger partial charge on any atom is -0.493 e. The van der Waals surface area contributed by atoms with Crippen LogP contribution in [0.25, 0.3) is 0 Å². The first-order valence-electron chi connectivity index (χ1n) is 10.3. The van der Waals surface area contributed by atoms with Crippen LogP contribution in [0.3, 0.4) is 0 Å². The molecule has 1 amide bonds. The van der Waals surface area contributed by atoms with Crippen LogP contribution in [0, 0.1) is 0 Å². The van der Waals surface area contributed by atoms with Gasteiger partial charge in [-0.05, 0) is 36.2 Å². The van der Waals surface area contributed by atoms with E-state index in [1.165, 1.54) is 14.2 Å². The molecule has 9 heteroatoms. The topological polar surface area (TPSA) is 102 Å². The lowest BCUT2D eigenvalue weighted by Crippen LogP contribution is -2.31. The first kappa shape index (κ1) is 23.1. The van der Waals surface area contributed by atoms with Gasteiger partial charge in [-0.1, -0.05) is 13.8 Å². The van der Waals surface area contributed by atoms with Crippen LogP contribution in [0.1, 0.15) is 41.4 Å². The lowest BCUT2D eigenvalue weighted by molar-refractivity contribution is -0.129. The van der Waals surface area contributed by atoms with E-state index in [0.29, 0.717) is 41.5 Å². The molecule has 1 unspecified atom stereocenters. The maximum atomic E-state index is 12.7. The summed E-state index contributed by atoms with van der Waals surface area (Å²) < 4.78 is 31.9. The zero-order valence-electron chi connectivity index (χ0n) is 18.8. The second kappa shape index (κ2) is 10.1. The standard InChI is InChI=1S/C21H21NO8.C2H6/c1-25-13-5-4-12-16(19(13)27-3)21(24)30-17(12)20(23)22-7-6-11-8-14(26-2)18-15(9-11)28-10-29-18;1-2/h4-5,8-9,17H,6-7,10H2,1-3H3,(H,22,23);1-2H3. The summed E-state index contributed by atoms with van der Waals surface area (Å²) in [4.78, 5) is 25.0. The van der Waals surface area contributed by atoms with Gasteiger partial charge in [0.2, 0.25) is 18.6 Å². The number of fused-ring (bicyclic) bond motifs is 2. The molecule has 32 heavy (non-hydrogen) atoms. The molecular formula is C23H27NO8. The van der Waals surface area contributed by atoms with Crippen molar-refractivity contribution >= 4 is 11.9 Å². The highest BCUT2D eigenvalue weighted by molar-refractivity contribution is 6.02. The van der Waals surface area contributed by atoms with Crippen LogP contribution in [0.4, 0.5) is 0 Å². The van der Waals surface area contributed by atoms with Gasteiger partial charge < -0.3 is 33.7 Å². The van der Waals surface area contributed by atoms with Gasteiger partial charge in [-0.25, -0.2) is 4.79 Å².